The first-order chi connectivity index (χ1) is 12.6. The summed E-state index contributed by atoms with van der Waals surface area (Å²) in [7, 11) is 0. The van der Waals surface area contributed by atoms with Crippen molar-refractivity contribution >= 4 is 29.4 Å². The molecule has 7 heteroatoms. The lowest BCUT2D eigenvalue weighted by atomic mass is 9.76. The summed E-state index contributed by atoms with van der Waals surface area (Å²) in [6.45, 7) is 7.98. The van der Waals surface area contributed by atoms with Crippen LogP contribution in [0.25, 0.3) is 0 Å². The van der Waals surface area contributed by atoms with Gasteiger partial charge in [-0.3, -0.25) is 14.4 Å². The highest BCUT2D eigenvalue weighted by molar-refractivity contribution is 6.30. The number of halogens is 1. The summed E-state index contributed by atoms with van der Waals surface area (Å²) in [5.74, 6) is -1.69. The summed E-state index contributed by atoms with van der Waals surface area (Å²) < 4.78 is 0. The fourth-order valence-corrected chi connectivity index (χ4v) is 3.58. The zero-order valence-corrected chi connectivity index (χ0v) is 16.9. The van der Waals surface area contributed by atoms with Crippen molar-refractivity contribution in [2.45, 2.75) is 40.2 Å². The molecule has 2 rings (SSSR count). The molecule has 1 heterocycles. The molecule has 27 heavy (non-hydrogen) atoms. The van der Waals surface area contributed by atoms with Crippen molar-refractivity contribution < 1.29 is 19.5 Å². The molecule has 1 aliphatic rings. The van der Waals surface area contributed by atoms with Crippen LogP contribution in [0.2, 0.25) is 5.02 Å². The Morgan fingerprint density at radius 3 is 2.19 bits per heavy atom. The first-order valence-electron chi connectivity index (χ1n) is 9.17. The molecule has 0 spiro atoms. The molecule has 1 saturated heterocycles. The van der Waals surface area contributed by atoms with Gasteiger partial charge in [0.15, 0.2) is 0 Å². The van der Waals surface area contributed by atoms with E-state index in [-0.39, 0.29) is 30.2 Å². The number of aliphatic carboxylic acids is 1. The first-order valence-corrected chi connectivity index (χ1v) is 9.55. The number of carboxylic acid groups (broad SMARTS) is 1. The number of amides is 2. The molecule has 148 valence electrons. The van der Waals surface area contributed by atoms with E-state index in [1.165, 1.54) is 0 Å². The molecule has 1 aromatic carbocycles. The SMILES string of the molecule is CC(C)C(NC(=O)c1ccc(Cl)cc1)C(=O)N1CCC(C(=O)O)(C(C)C)C1. The Balaban J connectivity index is 2.15. The van der Waals surface area contributed by atoms with Crippen LogP contribution in [0.4, 0.5) is 0 Å². The Morgan fingerprint density at radius 1 is 1.15 bits per heavy atom. The van der Waals surface area contributed by atoms with Gasteiger partial charge in [0, 0.05) is 23.7 Å². The molecular formula is C20H27ClN2O4. The van der Waals surface area contributed by atoms with Gasteiger partial charge >= 0.3 is 5.97 Å². The van der Waals surface area contributed by atoms with E-state index in [9.17, 15) is 19.5 Å². The maximum absolute atomic E-state index is 13.0. The van der Waals surface area contributed by atoms with Crippen LogP contribution >= 0.6 is 11.6 Å². The molecule has 0 radical (unpaired) electrons. The molecule has 2 atom stereocenters. The zero-order valence-electron chi connectivity index (χ0n) is 16.2. The normalized spacial score (nSPS) is 20.8. The number of carboxylic acids is 1. The van der Waals surface area contributed by atoms with Gasteiger partial charge in [0.25, 0.3) is 5.91 Å². The van der Waals surface area contributed by atoms with Gasteiger partial charge in [0.05, 0.1) is 5.41 Å². The topological polar surface area (TPSA) is 86.7 Å². The van der Waals surface area contributed by atoms with Crippen LogP contribution in [0.15, 0.2) is 24.3 Å². The Labute approximate surface area is 164 Å². The number of likely N-dealkylation sites (tertiary alicyclic amines) is 1. The Morgan fingerprint density at radius 2 is 1.74 bits per heavy atom. The summed E-state index contributed by atoms with van der Waals surface area (Å²) in [6.07, 6.45) is 0.418. The van der Waals surface area contributed by atoms with Gasteiger partial charge in [-0.2, -0.15) is 0 Å². The molecule has 2 N–H and O–H groups in total. The molecule has 0 bridgehead atoms. The lowest BCUT2D eigenvalue weighted by Crippen LogP contribution is -2.51. The van der Waals surface area contributed by atoms with Crippen LogP contribution in [0.3, 0.4) is 0 Å². The second-order valence-corrected chi connectivity index (χ2v) is 8.26. The largest absolute Gasteiger partial charge is 0.481 e. The third kappa shape index (κ3) is 4.43. The quantitative estimate of drug-likeness (QED) is 0.776. The lowest BCUT2D eigenvalue weighted by Gasteiger charge is -2.31. The fraction of sp³-hybridized carbons (Fsp3) is 0.550. The van der Waals surface area contributed by atoms with Crippen LogP contribution < -0.4 is 5.32 Å². The monoisotopic (exact) mass is 394 g/mol. The van der Waals surface area contributed by atoms with Crippen LogP contribution in [0.5, 0.6) is 0 Å². The highest BCUT2D eigenvalue weighted by Crippen LogP contribution is 2.38. The Hall–Kier alpha value is -2.08. The number of nitrogens with zero attached hydrogens (tertiary/aromatic N) is 1. The minimum Gasteiger partial charge on any atom is -0.481 e. The molecule has 2 unspecified atom stereocenters. The third-order valence-corrected chi connectivity index (χ3v) is 5.72. The number of carbonyl (C=O) groups is 3. The van der Waals surface area contributed by atoms with Gasteiger partial charge in [0.2, 0.25) is 5.91 Å². The van der Waals surface area contributed by atoms with E-state index < -0.39 is 17.4 Å². The summed E-state index contributed by atoms with van der Waals surface area (Å²) in [6, 6.07) is 5.72. The van der Waals surface area contributed by atoms with E-state index in [1.807, 2.05) is 27.7 Å². The van der Waals surface area contributed by atoms with Crippen molar-refractivity contribution in [1.29, 1.82) is 0 Å². The van der Waals surface area contributed by atoms with Crippen molar-refractivity contribution in [2.24, 2.45) is 17.3 Å². The van der Waals surface area contributed by atoms with Crippen LogP contribution in [0.1, 0.15) is 44.5 Å². The van der Waals surface area contributed by atoms with E-state index >= 15 is 0 Å². The van der Waals surface area contributed by atoms with E-state index in [1.54, 1.807) is 29.2 Å². The smallest absolute Gasteiger partial charge is 0.311 e. The van der Waals surface area contributed by atoms with Crippen molar-refractivity contribution in [3.63, 3.8) is 0 Å². The molecule has 0 saturated carbocycles. The average Bonchev–Trinajstić information content (AvgIpc) is 3.06. The van der Waals surface area contributed by atoms with Crippen molar-refractivity contribution in [3.05, 3.63) is 34.9 Å². The lowest BCUT2D eigenvalue weighted by molar-refractivity contribution is -0.151. The zero-order chi connectivity index (χ0) is 20.4. The van der Waals surface area contributed by atoms with Crippen LogP contribution in [0, 0.1) is 17.3 Å². The Kier molecular flexibility index (Phi) is 6.52. The second kappa shape index (κ2) is 8.30. The number of benzene rings is 1. The van der Waals surface area contributed by atoms with Crippen molar-refractivity contribution in [2.75, 3.05) is 13.1 Å². The highest BCUT2D eigenvalue weighted by atomic mass is 35.5. The van der Waals surface area contributed by atoms with Crippen molar-refractivity contribution in [3.8, 4) is 0 Å². The summed E-state index contributed by atoms with van der Waals surface area (Å²) in [4.78, 5) is 38.9. The number of rotatable bonds is 6. The van der Waals surface area contributed by atoms with Gasteiger partial charge < -0.3 is 15.3 Å². The fourth-order valence-electron chi connectivity index (χ4n) is 3.45. The predicted molar refractivity (Wildman–Crippen MR) is 104 cm³/mol. The molecule has 0 aromatic heterocycles. The molecule has 1 fully saturated rings. The molecule has 6 nitrogen and oxygen atoms in total. The molecule has 2 amide bonds. The maximum atomic E-state index is 13.0. The Bertz CT molecular complexity index is 717. The molecule has 1 aromatic rings. The van der Waals surface area contributed by atoms with Gasteiger partial charge in [-0.05, 0) is 42.5 Å². The number of carbonyl (C=O) groups excluding carboxylic acids is 2. The van der Waals surface area contributed by atoms with Gasteiger partial charge in [-0.1, -0.05) is 39.3 Å². The van der Waals surface area contributed by atoms with Crippen LogP contribution in [-0.2, 0) is 9.59 Å². The minimum absolute atomic E-state index is 0.0889. The van der Waals surface area contributed by atoms with E-state index in [2.05, 4.69) is 5.32 Å². The molecular weight excluding hydrogens is 368 g/mol. The van der Waals surface area contributed by atoms with Gasteiger partial charge in [-0.25, -0.2) is 0 Å². The maximum Gasteiger partial charge on any atom is 0.311 e. The van der Waals surface area contributed by atoms with Crippen LogP contribution in [-0.4, -0.2) is 46.9 Å². The predicted octanol–water partition coefficient (Wildman–Crippen LogP) is 3.05. The standard InChI is InChI=1S/C20H27ClN2O4/c1-12(2)16(22-17(24)14-5-7-15(21)8-6-14)18(25)23-10-9-20(11-23,13(3)4)19(26)27/h5-8,12-13,16H,9-11H2,1-4H3,(H,22,24)(H,26,27). The minimum atomic E-state index is -0.933. The molecule has 0 aliphatic carbocycles. The molecule has 1 aliphatic heterocycles. The highest BCUT2D eigenvalue weighted by Gasteiger charge is 2.49. The van der Waals surface area contributed by atoms with E-state index in [0.717, 1.165) is 0 Å². The summed E-state index contributed by atoms with van der Waals surface area (Å²) >= 11 is 5.85. The second-order valence-electron chi connectivity index (χ2n) is 7.83. The van der Waals surface area contributed by atoms with E-state index in [0.29, 0.717) is 23.6 Å². The number of nitrogens with one attached hydrogen (secondary N) is 1. The third-order valence-electron chi connectivity index (χ3n) is 5.47. The van der Waals surface area contributed by atoms with E-state index in [4.69, 9.17) is 11.6 Å². The van der Waals surface area contributed by atoms with Gasteiger partial charge in [0.1, 0.15) is 6.04 Å². The van der Waals surface area contributed by atoms with Gasteiger partial charge in [-0.15, -0.1) is 0 Å². The summed E-state index contributed by atoms with van der Waals surface area (Å²) in [5, 5.41) is 13.0. The average molecular weight is 395 g/mol. The number of hydrogen-bond acceptors (Lipinski definition) is 3. The number of hydrogen-bond donors (Lipinski definition) is 2. The first kappa shape index (κ1) is 21.2. The summed E-state index contributed by atoms with van der Waals surface area (Å²) in [5.41, 5.74) is -0.515. The van der Waals surface area contributed by atoms with Crippen molar-refractivity contribution in [1.82, 2.24) is 10.2 Å².